The minimum absolute atomic E-state index is 0.153. The summed E-state index contributed by atoms with van der Waals surface area (Å²) in [5.74, 6) is 1.12. The maximum Gasteiger partial charge on any atom is 0.302 e. The Kier molecular flexibility index (Phi) is 3.86. The van der Waals surface area contributed by atoms with E-state index in [9.17, 15) is 4.79 Å². The molecule has 2 N–H and O–H groups in total. The fourth-order valence-corrected chi connectivity index (χ4v) is 3.55. The smallest absolute Gasteiger partial charge is 0.302 e. The van der Waals surface area contributed by atoms with Gasteiger partial charge in [0, 0.05) is 41.9 Å². The molecule has 1 aliphatic heterocycles. The zero-order valence-electron chi connectivity index (χ0n) is 14.6. The van der Waals surface area contributed by atoms with Crippen molar-refractivity contribution in [2.45, 2.75) is 18.8 Å². The number of fused-ring (bicyclic) bond motifs is 2. The molecule has 0 amide bonds. The van der Waals surface area contributed by atoms with E-state index in [0.717, 1.165) is 37.0 Å². The van der Waals surface area contributed by atoms with Gasteiger partial charge in [-0.15, -0.1) is 0 Å². The van der Waals surface area contributed by atoms with Gasteiger partial charge >= 0.3 is 6.01 Å². The summed E-state index contributed by atoms with van der Waals surface area (Å²) in [4.78, 5) is 26.7. The fraction of sp³-hybridized carbons (Fsp3) is 0.250. The predicted octanol–water partition coefficient (Wildman–Crippen LogP) is 3.49. The standard InChI is InChI=1S/C20H18N4O3/c25-19-15-3-6-21-11-18(15)23-20(24-19)27-14-1-2-16-13(9-14)10-17(22-16)12-4-7-26-8-5-12/h1-3,6,9-12,22H,4-5,7-8H2,(H,23,24,25). The summed E-state index contributed by atoms with van der Waals surface area (Å²) >= 11 is 0. The van der Waals surface area contributed by atoms with Crippen LogP contribution < -0.4 is 10.3 Å². The van der Waals surface area contributed by atoms with Gasteiger partial charge in [0.05, 0.1) is 17.1 Å². The van der Waals surface area contributed by atoms with Crippen LogP contribution in [0.2, 0.25) is 0 Å². The van der Waals surface area contributed by atoms with Crippen LogP contribution >= 0.6 is 0 Å². The van der Waals surface area contributed by atoms with Gasteiger partial charge in [0.1, 0.15) is 5.75 Å². The zero-order valence-corrected chi connectivity index (χ0v) is 14.6. The number of hydrogen-bond donors (Lipinski definition) is 2. The molecule has 4 heterocycles. The van der Waals surface area contributed by atoms with Gasteiger partial charge in [-0.05, 0) is 43.2 Å². The molecule has 1 saturated heterocycles. The third kappa shape index (κ3) is 3.06. The zero-order chi connectivity index (χ0) is 18.2. The van der Waals surface area contributed by atoms with Crippen LogP contribution in [0.1, 0.15) is 24.5 Å². The number of hydrogen-bond acceptors (Lipinski definition) is 5. The van der Waals surface area contributed by atoms with E-state index in [0.29, 0.717) is 22.6 Å². The van der Waals surface area contributed by atoms with E-state index in [-0.39, 0.29) is 11.6 Å². The number of pyridine rings is 1. The van der Waals surface area contributed by atoms with Crippen molar-refractivity contribution in [3.05, 3.63) is 58.8 Å². The van der Waals surface area contributed by atoms with Crippen molar-refractivity contribution in [2.75, 3.05) is 13.2 Å². The van der Waals surface area contributed by atoms with Gasteiger partial charge in [-0.1, -0.05) is 0 Å². The number of ether oxygens (including phenoxy) is 2. The number of aromatic nitrogens is 4. The van der Waals surface area contributed by atoms with Crippen LogP contribution in [-0.2, 0) is 4.74 Å². The Balaban J connectivity index is 1.46. The van der Waals surface area contributed by atoms with Crippen molar-refractivity contribution in [3.63, 3.8) is 0 Å². The van der Waals surface area contributed by atoms with Crippen molar-refractivity contribution in [1.82, 2.24) is 19.9 Å². The van der Waals surface area contributed by atoms with Crippen LogP contribution in [0.4, 0.5) is 0 Å². The average molecular weight is 362 g/mol. The second-order valence-corrected chi connectivity index (χ2v) is 6.73. The maximum atomic E-state index is 12.2. The molecule has 1 aromatic carbocycles. The van der Waals surface area contributed by atoms with Crippen LogP contribution in [-0.4, -0.2) is 33.1 Å². The highest BCUT2D eigenvalue weighted by Crippen LogP contribution is 2.31. The highest BCUT2D eigenvalue weighted by Gasteiger charge is 2.18. The van der Waals surface area contributed by atoms with Gasteiger partial charge in [-0.2, -0.15) is 4.98 Å². The van der Waals surface area contributed by atoms with Crippen molar-refractivity contribution in [2.24, 2.45) is 0 Å². The Bertz CT molecular complexity index is 1170. The van der Waals surface area contributed by atoms with E-state index in [1.807, 2.05) is 18.2 Å². The highest BCUT2D eigenvalue weighted by molar-refractivity contribution is 5.82. The van der Waals surface area contributed by atoms with Gasteiger partial charge < -0.3 is 14.5 Å². The van der Waals surface area contributed by atoms with E-state index in [2.05, 4.69) is 26.0 Å². The van der Waals surface area contributed by atoms with Crippen molar-refractivity contribution >= 4 is 21.8 Å². The fourth-order valence-electron chi connectivity index (χ4n) is 3.55. The van der Waals surface area contributed by atoms with Crippen molar-refractivity contribution in [3.8, 4) is 11.8 Å². The number of H-pyrrole nitrogens is 2. The lowest BCUT2D eigenvalue weighted by atomic mass is 9.97. The van der Waals surface area contributed by atoms with Crippen LogP contribution in [0.5, 0.6) is 11.8 Å². The second kappa shape index (κ2) is 6.51. The lowest BCUT2D eigenvalue weighted by Gasteiger charge is -2.20. The van der Waals surface area contributed by atoms with Gasteiger partial charge in [-0.3, -0.25) is 14.8 Å². The molecule has 3 aromatic heterocycles. The third-order valence-corrected chi connectivity index (χ3v) is 4.98. The Morgan fingerprint density at radius 1 is 1.11 bits per heavy atom. The average Bonchev–Trinajstić information content (AvgIpc) is 3.12. The minimum atomic E-state index is -0.248. The lowest BCUT2D eigenvalue weighted by Crippen LogP contribution is -2.14. The number of aromatic amines is 2. The molecule has 0 radical (unpaired) electrons. The molecule has 7 nitrogen and oxygen atoms in total. The summed E-state index contributed by atoms with van der Waals surface area (Å²) in [7, 11) is 0. The summed E-state index contributed by atoms with van der Waals surface area (Å²) in [6, 6.07) is 9.74. The Hall–Kier alpha value is -3.19. The lowest BCUT2D eigenvalue weighted by molar-refractivity contribution is 0.0846. The minimum Gasteiger partial charge on any atom is -0.426 e. The van der Waals surface area contributed by atoms with Gasteiger partial charge in [0.15, 0.2) is 0 Å². The molecule has 7 heteroatoms. The van der Waals surface area contributed by atoms with Gasteiger partial charge in [0.2, 0.25) is 0 Å². The van der Waals surface area contributed by atoms with Gasteiger partial charge in [-0.25, -0.2) is 0 Å². The number of nitrogens with one attached hydrogen (secondary N) is 2. The molecule has 136 valence electrons. The summed E-state index contributed by atoms with van der Waals surface area (Å²) in [6.07, 6.45) is 5.18. The first kappa shape index (κ1) is 16.0. The Labute approximate surface area is 154 Å². The number of benzene rings is 1. The van der Waals surface area contributed by atoms with Crippen LogP contribution in [0.25, 0.3) is 21.8 Å². The number of rotatable bonds is 3. The van der Waals surface area contributed by atoms with E-state index in [1.165, 1.54) is 5.69 Å². The largest absolute Gasteiger partial charge is 0.426 e. The molecule has 0 atom stereocenters. The van der Waals surface area contributed by atoms with E-state index in [1.54, 1.807) is 18.5 Å². The van der Waals surface area contributed by atoms with E-state index < -0.39 is 0 Å². The van der Waals surface area contributed by atoms with Crippen molar-refractivity contribution in [1.29, 1.82) is 0 Å². The first-order valence-corrected chi connectivity index (χ1v) is 8.98. The molecule has 0 bridgehead atoms. The molecule has 0 unspecified atom stereocenters. The Morgan fingerprint density at radius 3 is 2.89 bits per heavy atom. The second-order valence-electron chi connectivity index (χ2n) is 6.73. The molecule has 0 saturated carbocycles. The molecule has 0 spiro atoms. The summed E-state index contributed by atoms with van der Waals surface area (Å²) in [5.41, 5.74) is 2.55. The molecule has 1 fully saturated rings. The summed E-state index contributed by atoms with van der Waals surface area (Å²) < 4.78 is 11.2. The van der Waals surface area contributed by atoms with Crippen LogP contribution in [0.3, 0.4) is 0 Å². The monoisotopic (exact) mass is 362 g/mol. The topological polar surface area (TPSA) is 92.9 Å². The third-order valence-electron chi connectivity index (χ3n) is 4.98. The van der Waals surface area contributed by atoms with Crippen LogP contribution in [0.15, 0.2) is 47.5 Å². The highest BCUT2D eigenvalue weighted by atomic mass is 16.5. The molecule has 5 rings (SSSR count). The first-order valence-electron chi connectivity index (χ1n) is 8.98. The van der Waals surface area contributed by atoms with Gasteiger partial charge in [0.25, 0.3) is 5.56 Å². The quantitative estimate of drug-likeness (QED) is 0.582. The van der Waals surface area contributed by atoms with E-state index in [4.69, 9.17) is 9.47 Å². The molecular weight excluding hydrogens is 344 g/mol. The SMILES string of the molecule is O=c1[nH]c(Oc2ccc3[nH]c(C4CCOCC4)cc3c2)nc2cnccc12. The molecule has 1 aliphatic rings. The molecule has 4 aromatic rings. The maximum absolute atomic E-state index is 12.2. The summed E-state index contributed by atoms with van der Waals surface area (Å²) in [6.45, 7) is 1.62. The normalized spacial score (nSPS) is 15.4. The van der Waals surface area contributed by atoms with E-state index >= 15 is 0 Å². The molecule has 0 aliphatic carbocycles. The van der Waals surface area contributed by atoms with Crippen LogP contribution in [0, 0.1) is 0 Å². The Morgan fingerprint density at radius 2 is 2.00 bits per heavy atom. The molecular formula is C20H18N4O3. The van der Waals surface area contributed by atoms with Crippen molar-refractivity contribution < 1.29 is 9.47 Å². The predicted molar refractivity (Wildman–Crippen MR) is 101 cm³/mol. The number of nitrogens with zero attached hydrogens (tertiary/aromatic N) is 2. The summed E-state index contributed by atoms with van der Waals surface area (Å²) in [5, 5.41) is 1.55. The molecule has 27 heavy (non-hydrogen) atoms. The first-order chi connectivity index (χ1) is 13.3.